The maximum atomic E-state index is 13.2. The SMILES string of the molecule is CCCN1CCC(NC(=O)c2cc(F)ccc2Br)CC1. The number of nitrogens with one attached hydrogen (secondary N) is 1. The highest BCUT2D eigenvalue weighted by atomic mass is 79.9. The minimum absolute atomic E-state index is 0.186. The van der Waals surface area contributed by atoms with Crippen molar-refractivity contribution in [1.82, 2.24) is 10.2 Å². The summed E-state index contributed by atoms with van der Waals surface area (Å²) in [6, 6.07) is 4.36. The van der Waals surface area contributed by atoms with Crippen LogP contribution in [0.2, 0.25) is 0 Å². The monoisotopic (exact) mass is 342 g/mol. The van der Waals surface area contributed by atoms with Gasteiger partial charge >= 0.3 is 0 Å². The first-order valence-corrected chi connectivity index (χ1v) is 7.87. The fourth-order valence-electron chi connectivity index (χ4n) is 2.55. The first-order chi connectivity index (χ1) is 9.60. The highest BCUT2D eigenvalue weighted by Gasteiger charge is 2.21. The lowest BCUT2D eigenvalue weighted by atomic mass is 10.0. The summed E-state index contributed by atoms with van der Waals surface area (Å²) in [5.74, 6) is -0.596. The number of nitrogens with zero attached hydrogens (tertiary/aromatic N) is 1. The highest BCUT2D eigenvalue weighted by Crippen LogP contribution is 2.19. The van der Waals surface area contributed by atoms with E-state index >= 15 is 0 Å². The van der Waals surface area contributed by atoms with Gasteiger partial charge in [0.05, 0.1) is 5.56 Å². The summed E-state index contributed by atoms with van der Waals surface area (Å²) < 4.78 is 13.8. The Kier molecular flexibility index (Phi) is 5.54. The highest BCUT2D eigenvalue weighted by molar-refractivity contribution is 9.10. The van der Waals surface area contributed by atoms with E-state index in [1.54, 1.807) is 6.07 Å². The van der Waals surface area contributed by atoms with Crippen molar-refractivity contribution in [1.29, 1.82) is 0 Å². The van der Waals surface area contributed by atoms with Crippen LogP contribution >= 0.6 is 15.9 Å². The molecule has 1 fully saturated rings. The molecule has 0 saturated carbocycles. The fourth-order valence-corrected chi connectivity index (χ4v) is 2.98. The molecule has 1 aliphatic rings. The molecule has 1 heterocycles. The predicted molar refractivity (Wildman–Crippen MR) is 81.3 cm³/mol. The summed E-state index contributed by atoms with van der Waals surface area (Å²) >= 11 is 3.29. The molecule has 0 aliphatic carbocycles. The number of amides is 1. The van der Waals surface area contributed by atoms with E-state index in [2.05, 4.69) is 33.1 Å². The van der Waals surface area contributed by atoms with Crippen LogP contribution in [0.4, 0.5) is 4.39 Å². The average Bonchev–Trinajstić information content (AvgIpc) is 2.44. The molecular weight excluding hydrogens is 323 g/mol. The summed E-state index contributed by atoms with van der Waals surface area (Å²) in [5.41, 5.74) is 0.362. The van der Waals surface area contributed by atoms with Crippen LogP contribution in [-0.2, 0) is 0 Å². The Hall–Kier alpha value is -0.940. The molecule has 5 heteroatoms. The van der Waals surface area contributed by atoms with Gasteiger partial charge in [0.1, 0.15) is 5.82 Å². The molecule has 1 saturated heterocycles. The van der Waals surface area contributed by atoms with Gasteiger partial charge in [-0.25, -0.2) is 4.39 Å². The third-order valence-corrected chi connectivity index (χ3v) is 4.33. The van der Waals surface area contributed by atoms with E-state index in [4.69, 9.17) is 0 Å². The summed E-state index contributed by atoms with van der Waals surface area (Å²) in [6.45, 7) is 5.33. The fraction of sp³-hybridized carbons (Fsp3) is 0.533. The van der Waals surface area contributed by atoms with Crippen LogP contribution < -0.4 is 5.32 Å². The van der Waals surface area contributed by atoms with Crippen LogP contribution in [0.25, 0.3) is 0 Å². The average molecular weight is 343 g/mol. The number of halogens is 2. The van der Waals surface area contributed by atoms with Gasteiger partial charge in [0, 0.05) is 23.6 Å². The molecule has 20 heavy (non-hydrogen) atoms. The van der Waals surface area contributed by atoms with Gasteiger partial charge in [-0.05, 0) is 59.9 Å². The second-order valence-corrected chi connectivity index (χ2v) is 6.07. The number of carbonyl (C=O) groups excluding carboxylic acids is 1. The molecule has 1 aliphatic heterocycles. The molecule has 1 amide bonds. The van der Waals surface area contributed by atoms with Crippen molar-refractivity contribution in [2.75, 3.05) is 19.6 Å². The van der Waals surface area contributed by atoms with Gasteiger partial charge in [-0.2, -0.15) is 0 Å². The third-order valence-electron chi connectivity index (χ3n) is 3.64. The maximum Gasteiger partial charge on any atom is 0.252 e. The largest absolute Gasteiger partial charge is 0.349 e. The quantitative estimate of drug-likeness (QED) is 0.911. The number of benzene rings is 1. The number of carbonyl (C=O) groups is 1. The van der Waals surface area contributed by atoms with Crippen LogP contribution in [0, 0.1) is 5.82 Å². The zero-order valence-electron chi connectivity index (χ0n) is 11.7. The lowest BCUT2D eigenvalue weighted by Gasteiger charge is -2.32. The first-order valence-electron chi connectivity index (χ1n) is 7.08. The van der Waals surface area contributed by atoms with Crippen LogP contribution in [0.1, 0.15) is 36.5 Å². The molecule has 0 unspecified atom stereocenters. The predicted octanol–water partition coefficient (Wildman–Crippen LogP) is 3.19. The number of likely N-dealkylation sites (tertiary alicyclic amines) is 1. The van der Waals surface area contributed by atoms with Crippen molar-refractivity contribution in [2.24, 2.45) is 0 Å². The molecular formula is C15H20BrFN2O. The molecule has 3 nitrogen and oxygen atoms in total. The van der Waals surface area contributed by atoms with Crippen molar-refractivity contribution in [3.8, 4) is 0 Å². The molecule has 1 aromatic rings. The smallest absolute Gasteiger partial charge is 0.252 e. The molecule has 0 aromatic heterocycles. The summed E-state index contributed by atoms with van der Waals surface area (Å²) in [6.07, 6.45) is 3.07. The van der Waals surface area contributed by atoms with Gasteiger partial charge in [0.15, 0.2) is 0 Å². The van der Waals surface area contributed by atoms with Gasteiger partial charge in [-0.15, -0.1) is 0 Å². The zero-order chi connectivity index (χ0) is 14.5. The first kappa shape index (κ1) is 15.4. The van der Waals surface area contributed by atoms with Crippen molar-refractivity contribution in [3.05, 3.63) is 34.1 Å². The summed E-state index contributed by atoms with van der Waals surface area (Å²) in [4.78, 5) is 14.6. The standard InChI is InChI=1S/C15H20BrFN2O/c1-2-7-19-8-5-12(6-9-19)18-15(20)13-10-11(17)3-4-14(13)16/h3-4,10,12H,2,5-9H2,1H3,(H,18,20). The number of hydrogen-bond acceptors (Lipinski definition) is 2. The Labute approximate surface area is 127 Å². The molecule has 1 aromatic carbocycles. The molecule has 110 valence electrons. The maximum absolute atomic E-state index is 13.2. The zero-order valence-corrected chi connectivity index (χ0v) is 13.2. The van der Waals surface area contributed by atoms with Gasteiger partial charge in [-0.3, -0.25) is 4.79 Å². The number of rotatable bonds is 4. The molecule has 1 N–H and O–H groups in total. The van der Waals surface area contributed by atoms with Crippen molar-refractivity contribution in [2.45, 2.75) is 32.2 Å². The third kappa shape index (κ3) is 4.03. The Balaban J connectivity index is 1.91. The summed E-state index contributed by atoms with van der Waals surface area (Å²) in [7, 11) is 0. The van der Waals surface area contributed by atoms with Crippen LogP contribution in [0.3, 0.4) is 0 Å². The minimum atomic E-state index is -0.392. The topological polar surface area (TPSA) is 32.3 Å². The number of hydrogen-bond donors (Lipinski definition) is 1. The van der Waals surface area contributed by atoms with Crippen molar-refractivity contribution in [3.63, 3.8) is 0 Å². The van der Waals surface area contributed by atoms with E-state index in [1.807, 2.05) is 0 Å². The molecule has 0 radical (unpaired) electrons. The van der Waals surface area contributed by atoms with Gasteiger partial charge < -0.3 is 10.2 Å². The molecule has 2 rings (SSSR count). The van der Waals surface area contributed by atoms with Crippen molar-refractivity contribution >= 4 is 21.8 Å². The van der Waals surface area contributed by atoms with E-state index in [9.17, 15) is 9.18 Å². The van der Waals surface area contributed by atoms with Gasteiger partial charge in [0.2, 0.25) is 0 Å². The molecule has 0 atom stereocenters. The van der Waals surface area contributed by atoms with E-state index in [0.717, 1.165) is 38.9 Å². The normalized spacial score (nSPS) is 17.1. The Morgan fingerprint density at radius 3 is 2.80 bits per heavy atom. The van der Waals surface area contributed by atoms with Crippen molar-refractivity contribution < 1.29 is 9.18 Å². The van der Waals surface area contributed by atoms with Gasteiger partial charge in [-0.1, -0.05) is 6.92 Å². The Morgan fingerprint density at radius 2 is 2.15 bits per heavy atom. The van der Waals surface area contributed by atoms with E-state index < -0.39 is 5.82 Å². The minimum Gasteiger partial charge on any atom is -0.349 e. The second kappa shape index (κ2) is 7.18. The van der Waals surface area contributed by atoms with Gasteiger partial charge in [0.25, 0.3) is 5.91 Å². The molecule has 0 bridgehead atoms. The Morgan fingerprint density at radius 1 is 1.45 bits per heavy atom. The lowest BCUT2D eigenvalue weighted by Crippen LogP contribution is -2.44. The van der Waals surface area contributed by atoms with E-state index in [-0.39, 0.29) is 11.9 Å². The van der Waals surface area contributed by atoms with E-state index in [1.165, 1.54) is 12.1 Å². The van der Waals surface area contributed by atoms with Crippen LogP contribution in [0.15, 0.2) is 22.7 Å². The number of piperidine rings is 1. The molecule has 0 spiro atoms. The van der Waals surface area contributed by atoms with Crippen LogP contribution in [0.5, 0.6) is 0 Å². The van der Waals surface area contributed by atoms with Crippen LogP contribution in [-0.4, -0.2) is 36.5 Å². The summed E-state index contributed by atoms with van der Waals surface area (Å²) in [5, 5.41) is 3.00. The second-order valence-electron chi connectivity index (χ2n) is 5.21. The van der Waals surface area contributed by atoms with E-state index in [0.29, 0.717) is 10.0 Å². The Bertz CT molecular complexity index is 473. The lowest BCUT2D eigenvalue weighted by molar-refractivity contribution is 0.0910.